The van der Waals surface area contributed by atoms with E-state index in [0.717, 1.165) is 12.8 Å². The van der Waals surface area contributed by atoms with E-state index in [0.29, 0.717) is 31.1 Å². The first kappa shape index (κ1) is 18.3. The van der Waals surface area contributed by atoms with E-state index in [4.69, 9.17) is 9.47 Å². The molecule has 1 fully saturated rings. The van der Waals surface area contributed by atoms with E-state index in [1.54, 1.807) is 36.3 Å². The van der Waals surface area contributed by atoms with Crippen LogP contribution >= 0.6 is 0 Å². The van der Waals surface area contributed by atoms with Crippen LogP contribution in [0.1, 0.15) is 36.8 Å². The molecule has 0 aliphatic carbocycles. The van der Waals surface area contributed by atoms with Gasteiger partial charge in [0.2, 0.25) is 11.8 Å². The number of hydrogen-bond donors (Lipinski definition) is 0. The number of likely N-dealkylation sites (tertiary alicyclic amines) is 1. The predicted molar refractivity (Wildman–Crippen MR) is 93.4 cm³/mol. The highest BCUT2D eigenvalue weighted by Crippen LogP contribution is 2.32. The number of carbonyl (C=O) groups excluding carboxylic acids is 1. The van der Waals surface area contributed by atoms with Crippen LogP contribution in [-0.2, 0) is 9.53 Å². The lowest BCUT2D eigenvalue weighted by Crippen LogP contribution is -2.32. The molecule has 138 valence electrons. The number of nitrogens with zero attached hydrogens (tertiary/aromatic N) is 3. The molecule has 7 heteroatoms. The van der Waals surface area contributed by atoms with E-state index in [2.05, 4.69) is 9.97 Å². The summed E-state index contributed by atoms with van der Waals surface area (Å²) in [7, 11) is 1.57. The molecular weight excluding hydrogens is 337 g/mol. The molecule has 0 N–H and O–H groups in total. The number of benzene rings is 1. The van der Waals surface area contributed by atoms with Gasteiger partial charge >= 0.3 is 0 Å². The summed E-state index contributed by atoms with van der Waals surface area (Å²) in [5.41, 5.74) is 0.706. The van der Waals surface area contributed by atoms with Gasteiger partial charge in [-0.2, -0.15) is 4.98 Å². The highest BCUT2D eigenvalue weighted by atomic mass is 19.1. The average Bonchev–Trinajstić information content (AvgIpc) is 3.11. The molecule has 1 saturated heterocycles. The lowest BCUT2D eigenvalue weighted by molar-refractivity contribution is -0.133. The maximum absolute atomic E-state index is 13.8. The Bertz CT molecular complexity index is 784. The Labute approximate surface area is 152 Å². The van der Waals surface area contributed by atoms with Gasteiger partial charge in [0.25, 0.3) is 0 Å². The van der Waals surface area contributed by atoms with Gasteiger partial charge < -0.3 is 14.4 Å². The van der Waals surface area contributed by atoms with Crippen LogP contribution < -0.4 is 4.74 Å². The summed E-state index contributed by atoms with van der Waals surface area (Å²) in [6.07, 6.45) is 2.02. The zero-order valence-corrected chi connectivity index (χ0v) is 14.9. The van der Waals surface area contributed by atoms with Gasteiger partial charge in [-0.25, -0.2) is 9.37 Å². The maximum atomic E-state index is 13.8. The zero-order chi connectivity index (χ0) is 18.5. The van der Waals surface area contributed by atoms with Gasteiger partial charge in [-0.05, 0) is 31.9 Å². The number of amides is 1. The van der Waals surface area contributed by atoms with Crippen LogP contribution in [0.3, 0.4) is 0 Å². The fourth-order valence-electron chi connectivity index (χ4n) is 3.07. The lowest BCUT2D eigenvalue weighted by atomic mass is 10.2. The molecule has 0 saturated carbocycles. The largest absolute Gasteiger partial charge is 0.436 e. The number of rotatable bonds is 6. The van der Waals surface area contributed by atoms with Crippen LogP contribution in [0, 0.1) is 12.7 Å². The second kappa shape index (κ2) is 8.23. The summed E-state index contributed by atoms with van der Waals surface area (Å²) in [5, 5.41) is 0. The molecule has 1 aromatic heterocycles. The molecule has 1 atom stereocenters. The third-order valence-corrected chi connectivity index (χ3v) is 4.29. The number of para-hydroxylation sites is 1. The second-order valence-corrected chi connectivity index (χ2v) is 6.23. The molecular formula is C19H22FN3O3. The Hall–Kier alpha value is -2.54. The molecule has 1 aromatic carbocycles. The van der Waals surface area contributed by atoms with E-state index < -0.39 is 5.82 Å². The predicted octanol–water partition coefficient (Wildman–Crippen LogP) is 3.42. The SMILES string of the molecule is COCCC(=O)N1CCC[C@@H]1c1nc(C)cc(Oc2ccccc2F)n1. The minimum absolute atomic E-state index is 0.0241. The normalized spacial score (nSPS) is 16.7. The highest BCUT2D eigenvalue weighted by Gasteiger charge is 2.32. The summed E-state index contributed by atoms with van der Waals surface area (Å²) in [5.74, 6) is 0.475. The molecule has 6 nitrogen and oxygen atoms in total. The third-order valence-electron chi connectivity index (χ3n) is 4.29. The van der Waals surface area contributed by atoms with Gasteiger partial charge in [-0.1, -0.05) is 12.1 Å². The number of halogens is 1. The molecule has 2 aromatic rings. The van der Waals surface area contributed by atoms with Crippen molar-refractivity contribution < 1.29 is 18.7 Å². The first-order chi connectivity index (χ1) is 12.6. The molecule has 3 rings (SSSR count). The standard InChI is InChI=1S/C19H22FN3O3/c1-13-12-17(26-16-8-4-3-6-14(16)20)22-19(21-13)15-7-5-10-23(15)18(24)9-11-25-2/h3-4,6,8,12,15H,5,7,9-11H2,1-2H3/t15-/m1/s1. The van der Waals surface area contributed by atoms with Crippen molar-refractivity contribution in [3.8, 4) is 11.6 Å². The summed E-state index contributed by atoms with van der Waals surface area (Å²) >= 11 is 0. The second-order valence-electron chi connectivity index (χ2n) is 6.23. The Morgan fingerprint density at radius 3 is 2.92 bits per heavy atom. The molecule has 1 aliphatic rings. The summed E-state index contributed by atoms with van der Waals surface area (Å²) in [4.78, 5) is 23.1. The maximum Gasteiger partial charge on any atom is 0.225 e. The van der Waals surface area contributed by atoms with Crippen LogP contribution in [0.2, 0.25) is 0 Å². The van der Waals surface area contributed by atoms with Crippen LogP contribution in [0.15, 0.2) is 30.3 Å². The number of methoxy groups -OCH3 is 1. The minimum Gasteiger partial charge on any atom is -0.436 e. The average molecular weight is 359 g/mol. The molecule has 1 amide bonds. The monoisotopic (exact) mass is 359 g/mol. The van der Waals surface area contributed by atoms with Gasteiger partial charge in [0.1, 0.15) is 0 Å². The number of aromatic nitrogens is 2. The summed E-state index contributed by atoms with van der Waals surface area (Å²) in [6.45, 7) is 2.89. The van der Waals surface area contributed by atoms with Crippen molar-refractivity contribution in [2.75, 3.05) is 20.3 Å². The first-order valence-corrected chi connectivity index (χ1v) is 8.65. The van der Waals surface area contributed by atoms with Gasteiger partial charge in [0.15, 0.2) is 17.4 Å². The molecule has 0 radical (unpaired) electrons. The van der Waals surface area contributed by atoms with Crippen LogP contribution in [-0.4, -0.2) is 41.0 Å². The molecule has 1 aliphatic heterocycles. The lowest BCUT2D eigenvalue weighted by Gasteiger charge is -2.24. The van der Waals surface area contributed by atoms with Crippen LogP contribution in [0.4, 0.5) is 4.39 Å². The van der Waals surface area contributed by atoms with E-state index in [1.165, 1.54) is 6.07 Å². The number of aryl methyl sites for hydroxylation is 1. The van der Waals surface area contributed by atoms with Crippen molar-refractivity contribution >= 4 is 5.91 Å². The zero-order valence-electron chi connectivity index (χ0n) is 14.9. The molecule has 0 spiro atoms. The summed E-state index contributed by atoms with van der Waals surface area (Å²) in [6, 6.07) is 7.63. The fourth-order valence-corrected chi connectivity index (χ4v) is 3.07. The van der Waals surface area contributed by atoms with Crippen molar-refractivity contribution in [2.24, 2.45) is 0 Å². The van der Waals surface area contributed by atoms with Crippen molar-refractivity contribution in [2.45, 2.75) is 32.2 Å². The Balaban J connectivity index is 1.82. The Morgan fingerprint density at radius 1 is 1.35 bits per heavy atom. The van der Waals surface area contributed by atoms with Crippen LogP contribution in [0.5, 0.6) is 11.6 Å². The Kier molecular flexibility index (Phi) is 5.78. The van der Waals surface area contributed by atoms with Gasteiger partial charge in [-0.15, -0.1) is 0 Å². The summed E-state index contributed by atoms with van der Waals surface area (Å²) < 4.78 is 24.4. The minimum atomic E-state index is -0.456. The fraction of sp³-hybridized carbons (Fsp3) is 0.421. The smallest absolute Gasteiger partial charge is 0.225 e. The van der Waals surface area contributed by atoms with Crippen molar-refractivity contribution in [1.29, 1.82) is 0 Å². The van der Waals surface area contributed by atoms with E-state index >= 15 is 0 Å². The van der Waals surface area contributed by atoms with E-state index in [-0.39, 0.29) is 23.6 Å². The van der Waals surface area contributed by atoms with E-state index in [9.17, 15) is 9.18 Å². The highest BCUT2D eigenvalue weighted by molar-refractivity contribution is 5.77. The Morgan fingerprint density at radius 2 is 2.15 bits per heavy atom. The van der Waals surface area contributed by atoms with Crippen LogP contribution in [0.25, 0.3) is 0 Å². The van der Waals surface area contributed by atoms with Crippen molar-refractivity contribution in [3.63, 3.8) is 0 Å². The molecule has 26 heavy (non-hydrogen) atoms. The van der Waals surface area contributed by atoms with Crippen molar-refractivity contribution in [3.05, 3.63) is 47.7 Å². The van der Waals surface area contributed by atoms with E-state index in [1.807, 2.05) is 6.92 Å². The van der Waals surface area contributed by atoms with Crippen molar-refractivity contribution in [1.82, 2.24) is 14.9 Å². The third kappa shape index (κ3) is 4.16. The molecule has 0 bridgehead atoms. The molecule has 0 unspecified atom stereocenters. The number of carbonyl (C=O) groups is 1. The first-order valence-electron chi connectivity index (χ1n) is 8.65. The molecule has 2 heterocycles. The quantitative estimate of drug-likeness (QED) is 0.791. The number of ether oxygens (including phenoxy) is 2. The topological polar surface area (TPSA) is 64.5 Å². The number of hydrogen-bond acceptors (Lipinski definition) is 5. The van der Waals surface area contributed by atoms with Gasteiger partial charge in [0.05, 0.1) is 19.1 Å². The van der Waals surface area contributed by atoms with Gasteiger partial charge in [0, 0.05) is 25.4 Å². The van der Waals surface area contributed by atoms with Gasteiger partial charge in [-0.3, -0.25) is 4.79 Å².